The summed E-state index contributed by atoms with van der Waals surface area (Å²) in [4.78, 5) is 23.9. The lowest BCUT2D eigenvalue weighted by Gasteiger charge is -2.04. The van der Waals surface area contributed by atoms with Crippen molar-refractivity contribution in [1.29, 1.82) is 0 Å². The molecule has 1 heterocycles. The van der Waals surface area contributed by atoms with Crippen molar-refractivity contribution in [1.82, 2.24) is 4.98 Å². The van der Waals surface area contributed by atoms with Crippen molar-refractivity contribution in [3.05, 3.63) is 33.7 Å². The van der Waals surface area contributed by atoms with Crippen LogP contribution in [-0.2, 0) is 15.7 Å². The first kappa shape index (κ1) is 14.8. The van der Waals surface area contributed by atoms with E-state index in [0.717, 1.165) is 6.20 Å². The lowest BCUT2D eigenvalue weighted by atomic mass is 10.2. The molecule has 0 saturated carbocycles. The minimum atomic E-state index is -4.74. The number of aromatic amines is 1. The van der Waals surface area contributed by atoms with Gasteiger partial charge in [-0.15, -0.1) is 0 Å². The van der Waals surface area contributed by atoms with Gasteiger partial charge in [-0.2, -0.15) is 13.2 Å². The van der Waals surface area contributed by atoms with Gasteiger partial charge in [0.15, 0.2) is 0 Å². The van der Waals surface area contributed by atoms with Gasteiger partial charge in [0, 0.05) is 11.8 Å². The van der Waals surface area contributed by atoms with E-state index in [1.165, 1.54) is 0 Å². The Balaban J connectivity index is 2.90. The van der Waals surface area contributed by atoms with E-state index in [4.69, 9.17) is 0 Å². The Kier molecular flexibility index (Phi) is 4.75. The first-order valence-corrected chi connectivity index (χ1v) is 5.29. The average Bonchev–Trinajstić information content (AvgIpc) is 2.30. The van der Waals surface area contributed by atoms with Crippen LogP contribution in [0.1, 0.15) is 24.5 Å². The maximum atomic E-state index is 12.4. The number of pyridine rings is 1. The number of aromatic nitrogens is 1. The first-order valence-electron chi connectivity index (χ1n) is 5.29. The maximum absolute atomic E-state index is 12.4. The van der Waals surface area contributed by atoms with Crippen LogP contribution in [0.4, 0.5) is 13.2 Å². The van der Waals surface area contributed by atoms with Crippen LogP contribution in [0.3, 0.4) is 0 Å². The summed E-state index contributed by atoms with van der Waals surface area (Å²) in [6.45, 7) is 1.83. The van der Waals surface area contributed by atoms with Gasteiger partial charge in [-0.05, 0) is 13.0 Å². The molecule has 1 aromatic heterocycles. The fraction of sp³-hybridized carbons (Fsp3) is 0.333. The minimum Gasteiger partial charge on any atom is -0.465 e. The molecule has 0 aliphatic carbocycles. The predicted octanol–water partition coefficient (Wildman–Crippen LogP) is 1.70. The molecule has 0 spiro atoms. The molecule has 0 unspecified atom stereocenters. The monoisotopic (exact) mass is 273 g/mol. The van der Waals surface area contributed by atoms with Crippen LogP contribution >= 0.6 is 0 Å². The van der Waals surface area contributed by atoms with Crippen molar-refractivity contribution in [3.8, 4) is 11.8 Å². The lowest BCUT2D eigenvalue weighted by molar-refractivity contribution is -0.142. The fourth-order valence-electron chi connectivity index (χ4n) is 1.20. The molecule has 102 valence electrons. The Morgan fingerprint density at radius 3 is 2.74 bits per heavy atom. The SMILES string of the molecule is CCOC(=O)CC#Cc1c[nH]c(=O)c(C(F)(F)F)c1. The molecule has 19 heavy (non-hydrogen) atoms. The topological polar surface area (TPSA) is 59.2 Å². The maximum Gasteiger partial charge on any atom is 0.421 e. The number of H-pyrrole nitrogens is 1. The molecule has 0 amide bonds. The molecule has 1 aromatic rings. The Bertz CT molecular complexity index is 578. The number of nitrogens with one attached hydrogen (secondary N) is 1. The van der Waals surface area contributed by atoms with Crippen LogP contribution in [0.15, 0.2) is 17.1 Å². The van der Waals surface area contributed by atoms with Gasteiger partial charge < -0.3 is 9.72 Å². The van der Waals surface area contributed by atoms with Gasteiger partial charge in [0.2, 0.25) is 0 Å². The molecule has 0 aliphatic heterocycles. The summed E-state index contributed by atoms with van der Waals surface area (Å²) in [5.41, 5.74) is -2.59. The van der Waals surface area contributed by atoms with Crippen molar-refractivity contribution in [2.24, 2.45) is 0 Å². The number of rotatable bonds is 2. The van der Waals surface area contributed by atoms with Crippen LogP contribution in [0.5, 0.6) is 0 Å². The molecule has 1 N–H and O–H groups in total. The molecule has 1 rings (SSSR count). The second kappa shape index (κ2) is 6.09. The molecular weight excluding hydrogens is 263 g/mol. The molecule has 0 bridgehead atoms. The van der Waals surface area contributed by atoms with Gasteiger partial charge >= 0.3 is 12.1 Å². The van der Waals surface area contributed by atoms with Gasteiger partial charge in [-0.3, -0.25) is 9.59 Å². The predicted molar refractivity (Wildman–Crippen MR) is 60.2 cm³/mol. The van der Waals surface area contributed by atoms with Crippen LogP contribution in [0.2, 0.25) is 0 Å². The Labute approximate surface area is 106 Å². The van der Waals surface area contributed by atoms with E-state index in [1.807, 2.05) is 4.98 Å². The highest BCUT2D eigenvalue weighted by Crippen LogP contribution is 2.26. The molecule has 0 atom stereocenters. The number of alkyl halides is 3. The standard InChI is InChI=1S/C12H10F3NO3/c1-2-19-10(17)5-3-4-8-6-9(12(13,14)15)11(18)16-7-8/h6-7H,2,5H2,1H3,(H,16,18). The quantitative estimate of drug-likeness (QED) is 0.659. The summed E-state index contributed by atoms with van der Waals surface area (Å²) in [5.74, 6) is 4.16. The molecule has 0 aliphatic rings. The minimum absolute atomic E-state index is 0.0313. The molecule has 4 nitrogen and oxygen atoms in total. The average molecular weight is 273 g/mol. The van der Waals surface area contributed by atoms with E-state index in [2.05, 4.69) is 16.6 Å². The van der Waals surface area contributed by atoms with Gasteiger partial charge in [0.25, 0.3) is 5.56 Å². The number of hydrogen-bond donors (Lipinski definition) is 1. The van der Waals surface area contributed by atoms with E-state index in [0.29, 0.717) is 6.07 Å². The smallest absolute Gasteiger partial charge is 0.421 e. The van der Waals surface area contributed by atoms with E-state index < -0.39 is 23.3 Å². The fourth-order valence-corrected chi connectivity index (χ4v) is 1.20. The summed E-state index contributed by atoms with van der Waals surface area (Å²) in [5, 5.41) is 0. The molecule has 0 aromatic carbocycles. The van der Waals surface area contributed by atoms with Crippen molar-refractivity contribution in [2.75, 3.05) is 6.61 Å². The van der Waals surface area contributed by atoms with E-state index in [1.54, 1.807) is 6.92 Å². The van der Waals surface area contributed by atoms with Crippen LogP contribution < -0.4 is 5.56 Å². The van der Waals surface area contributed by atoms with Crippen LogP contribution in [0.25, 0.3) is 0 Å². The molecule has 0 fully saturated rings. The summed E-state index contributed by atoms with van der Waals surface area (Å²) in [7, 11) is 0. The van der Waals surface area contributed by atoms with Gasteiger partial charge in [-0.1, -0.05) is 11.8 Å². The summed E-state index contributed by atoms with van der Waals surface area (Å²) in [6, 6.07) is 0.636. The number of hydrogen-bond acceptors (Lipinski definition) is 3. The number of ether oxygens (including phenoxy) is 1. The zero-order chi connectivity index (χ0) is 14.5. The highest BCUT2D eigenvalue weighted by Gasteiger charge is 2.33. The van der Waals surface area contributed by atoms with E-state index in [9.17, 15) is 22.8 Å². The second-order valence-electron chi connectivity index (χ2n) is 3.41. The van der Waals surface area contributed by atoms with Gasteiger partial charge in [0.1, 0.15) is 12.0 Å². The van der Waals surface area contributed by atoms with E-state index in [-0.39, 0.29) is 18.6 Å². The Hall–Kier alpha value is -2.23. The third-order valence-electron chi connectivity index (χ3n) is 1.98. The zero-order valence-electron chi connectivity index (χ0n) is 9.93. The zero-order valence-corrected chi connectivity index (χ0v) is 9.93. The highest BCUT2D eigenvalue weighted by atomic mass is 19.4. The molecule has 0 saturated heterocycles. The third kappa shape index (κ3) is 4.50. The van der Waals surface area contributed by atoms with Crippen LogP contribution in [-0.4, -0.2) is 17.6 Å². The van der Waals surface area contributed by atoms with E-state index >= 15 is 0 Å². The summed E-state index contributed by atoms with van der Waals surface area (Å²) >= 11 is 0. The molecule has 7 heteroatoms. The normalized spacial score (nSPS) is 10.5. The number of esters is 1. The van der Waals surface area contributed by atoms with Crippen molar-refractivity contribution < 1.29 is 22.7 Å². The lowest BCUT2D eigenvalue weighted by Crippen LogP contribution is -2.21. The Morgan fingerprint density at radius 1 is 1.47 bits per heavy atom. The molecular formula is C12H10F3NO3. The van der Waals surface area contributed by atoms with Crippen LogP contribution in [0, 0.1) is 11.8 Å². The van der Waals surface area contributed by atoms with Crippen molar-refractivity contribution in [3.63, 3.8) is 0 Å². The van der Waals surface area contributed by atoms with Crippen molar-refractivity contribution >= 4 is 5.97 Å². The molecule has 0 radical (unpaired) electrons. The van der Waals surface area contributed by atoms with Gasteiger partial charge in [0.05, 0.1) is 6.61 Å². The number of carbonyl (C=O) groups is 1. The first-order chi connectivity index (χ1) is 8.84. The van der Waals surface area contributed by atoms with Gasteiger partial charge in [-0.25, -0.2) is 0 Å². The third-order valence-corrected chi connectivity index (χ3v) is 1.98. The van der Waals surface area contributed by atoms with Crippen molar-refractivity contribution in [2.45, 2.75) is 19.5 Å². The largest absolute Gasteiger partial charge is 0.465 e. The highest BCUT2D eigenvalue weighted by molar-refractivity contribution is 5.72. The number of halogens is 3. The summed E-state index contributed by atoms with van der Waals surface area (Å²) in [6.07, 6.45) is -3.92. The number of carbonyl (C=O) groups excluding carboxylic acids is 1. The Morgan fingerprint density at radius 2 is 2.16 bits per heavy atom. The second-order valence-corrected chi connectivity index (χ2v) is 3.41. The summed E-state index contributed by atoms with van der Waals surface area (Å²) < 4.78 is 41.9.